The van der Waals surface area contributed by atoms with Crippen molar-refractivity contribution in [2.45, 2.75) is 6.18 Å². The molecule has 5 nitrogen and oxygen atoms in total. The fourth-order valence-corrected chi connectivity index (χ4v) is 2.03. The van der Waals surface area contributed by atoms with E-state index in [2.05, 4.69) is 15.2 Å². The van der Waals surface area contributed by atoms with Crippen LogP contribution in [0.25, 0.3) is 16.7 Å². The molecule has 0 amide bonds. The van der Waals surface area contributed by atoms with Crippen molar-refractivity contribution in [2.75, 3.05) is 0 Å². The van der Waals surface area contributed by atoms with Crippen molar-refractivity contribution < 1.29 is 18.3 Å². The van der Waals surface area contributed by atoms with Gasteiger partial charge in [-0.25, -0.2) is 4.98 Å². The maximum absolute atomic E-state index is 12.9. The van der Waals surface area contributed by atoms with Crippen LogP contribution in [0.3, 0.4) is 0 Å². The van der Waals surface area contributed by atoms with E-state index >= 15 is 0 Å². The molecule has 0 aliphatic rings. The van der Waals surface area contributed by atoms with Gasteiger partial charge in [0, 0.05) is 5.02 Å². The average Bonchev–Trinajstić information content (AvgIpc) is 2.78. The van der Waals surface area contributed by atoms with Crippen molar-refractivity contribution in [3.63, 3.8) is 0 Å². The molecular weight excluding hydrogens is 285 g/mol. The molecule has 9 heteroatoms. The summed E-state index contributed by atoms with van der Waals surface area (Å²) >= 11 is 5.69. The number of hydrogen-bond donors (Lipinski definition) is 1. The molecule has 3 aromatic rings. The van der Waals surface area contributed by atoms with Gasteiger partial charge >= 0.3 is 6.18 Å². The first kappa shape index (κ1) is 12.0. The molecule has 0 bridgehead atoms. The first-order chi connectivity index (χ1) is 8.88. The van der Waals surface area contributed by atoms with Crippen LogP contribution >= 0.6 is 11.6 Å². The lowest BCUT2D eigenvalue weighted by Gasteiger charge is -2.11. The van der Waals surface area contributed by atoms with Crippen molar-refractivity contribution in [3.05, 3.63) is 29.0 Å². The Kier molecular flexibility index (Phi) is 2.33. The quantitative estimate of drug-likeness (QED) is 0.691. The van der Waals surface area contributed by atoms with E-state index in [1.807, 2.05) is 0 Å². The lowest BCUT2D eigenvalue weighted by molar-refractivity contribution is -0.136. The molecule has 1 aromatic carbocycles. The van der Waals surface area contributed by atoms with Gasteiger partial charge in [0.25, 0.3) is 5.88 Å². The summed E-state index contributed by atoms with van der Waals surface area (Å²) in [6, 6.07) is 2.06. The van der Waals surface area contributed by atoms with Crippen LogP contribution in [0.1, 0.15) is 5.56 Å². The molecule has 0 unspecified atom stereocenters. The van der Waals surface area contributed by atoms with Gasteiger partial charge in [0.15, 0.2) is 0 Å². The highest BCUT2D eigenvalue weighted by atomic mass is 35.5. The fraction of sp³-hybridized carbons (Fsp3) is 0.100. The predicted molar refractivity (Wildman–Crippen MR) is 60.0 cm³/mol. The molecule has 1 N–H and O–H groups in total. The third-order valence-corrected chi connectivity index (χ3v) is 2.80. The van der Waals surface area contributed by atoms with E-state index in [4.69, 9.17) is 11.6 Å². The van der Waals surface area contributed by atoms with Gasteiger partial charge in [-0.15, -0.1) is 10.2 Å². The highest BCUT2D eigenvalue weighted by Gasteiger charge is 2.34. The minimum absolute atomic E-state index is 0.0390. The van der Waals surface area contributed by atoms with Gasteiger partial charge in [0.2, 0.25) is 5.65 Å². The topological polar surface area (TPSA) is 63.3 Å². The monoisotopic (exact) mass is 288 g/mol. The Morgan fingerprint density at radius 3 is 2.68 bits per heavy atom. The standard InChI is InChI=1S/C10H4ClF3N4O/c11-4-1-5(10(12,13)14)7-6(2-4)18-3-15-17-8(18)9(19)16-7/h1-3H,(H,16,19). The molecule has 0 saturated heterocycles. The summed E-state index contributed by atoms with van der Waals surface area (Å²) in [5.41, 5.74) is -1.41. The Morgan fingerprint density at radius 2 is 2.00 bits per heavy atom. The maximum atomic E-state index is 12.9. The van der Waals surface area contributed by atoms with Crippen LogP contribution < -0.4 is 0 Å². The van der Waals surface area contributed by atoms with Gasteiger partial charge < -0.3 is 5.11 Å². The van der Waals surface area contributed by atoms with Gasteiger partial charge in [-0.1, -0.05) is 11.6 Å². The normalized spacial score (nSPS) is 12.4. The number of nitrogens with zero attached hydrogens (tertiary/aromatic N) is 4. The third kappa shape index (κ3) is 1.75. The van der Waals surface area contributed by atoms with Crippen molar-refractivity contribution in [3.8, 4) is 5.88 Å². The molecule has 0 aliphatic carbocycles. The van der Waals surface area contributed by atoms with E-state index in [1.165, 1.54) is 16.8 Å². The van der Waals surface area contributed by atoms with Crippen LogP contribution in [0.4, 0.5) is 13.2 Å². The Balaban J connectivity index is 2.56. The zero-order valence-corrected chi connectivity index (χ0v) is 9.74. The maximum Gasteiger partial charge on any atom is 0.418 e. The second-order valence-electron chi connectivity index (χ2n) is 3.78. The largest absolute Gasteiger partial charge is 0.491 e. The zero-order valence-electron chi connectivity index (χ0n) is 8.98. The Labute approximate surface area is 108 Å². The summed E-state index contributed by atoms with van der Waals surface area (Å²) < 4.78 is 40.0. The van der Waals surface area contributed by atoms with Gasteiger partial charge in [-0.3, -0.25) is 4.40 Å². The molecule has 2 heterocycles. The van der Waals surface area contributed by atoms with Crippen LogP contribution in [-0.2, 0) is 6.18 Å². The molecule has 98 valence electrons. The molecule has 3 rings (SSSR count). The predicted octanol–water partition coefficient (Wildman–Crippen LogP) is 2.66. The third-order valence-electron chi connectivity index (χ3n) is 2.58. The van der Waals surface area contributed by atoms with E-state index in [0.29, 0.717) is 0 Å². The number of alkyl halides is 3. The Bertz CT molecular complexity index is 799. The van der Waals surface area contributed by atoms with Gasteiger partial charge in [0.05, 0.1) is 11.1 Å². The van der Waals surface area contributed by atoms with Crippen molar-refractivity contribution in [1.82, 2.24) is 19.6 Å². The summed E-state index contributed by atoms with van der Waals surface area (Å²) in [5.74, 6) is -0.627. The number of fused-ring (bicyclic) bond motifs is 3. The van der Waals surface area contributed by atoms with Crippen LogP contribution in [0.15, 0.2) is 18.5 Å². The van der Waals surface area contributed by atoms with Crippen LogP contribution in [0.5, 0.6) is 5.88 Å². The van der Waals surface area contributed by atoms with Crippen molar-refractivity contribution in [1.29, 1.82) is 0 Å². The first-order valence-electron chi connectivity index (χ1n) is 4.97. The fourth-order valence-electron chi connectivity index (χ4n) is 1.82. The second-order valence-corrected chi connectivity index (χ2v) is 4.22. The molecular formula is C10H4ClF3N4O. The highest BCUT2D eigenvalue weighted by Crippen LogP contribution is 2.37. The molecule has 0 spiro atoms. The average molecular weight is 289 g/mol. The Hall–Kier alpha value is -2.09. The Morgan fingerprint density at radius 1 is 1.26 bits per heavy atom. The van der Waals surface area contributed by atoms with Gasteiger partial charge in [-0.2, -0.15) is 13.2 Å². The van der Waals surface area contributed by atoms with Crippen LogP contribution in [0, 0.1) is 0 Å². The molecule has 0 aliphatic heterocycles. The minimum atomic E-state index is -4.63. The molecule has 0 fully saturated rings. The highest BCUT2D eigenvalue weighted by molar-refractivity contribution is 6.31. The van der Waals surface area contributed by atoms with Gasteiger partial charge in [-0.05, 0) is 12.1 Å². The minimum Gasteiger partial charge on any atom is -0.491 e. The van der Waals surface area contributed by atoms with Crippen LogP contribution in [0.2, 0.25) is 5.02 Å². The molecule has 19 heavy (non-hydrogen) atoms. The molecule has 2 aromatic heterocycles. The number of rotatable bonds is 0. The zero-order chi connectivity index (χ0) is 13.8. The van der Waals surface area contributed by atoms with Crippen LogP contribution in [-0.4, -0.2) is 24.7 Å². The number of aromatic hydroxyl groups is 1. The summed E-state index contributed by atoms with van der Waals surface area (Å²) in [6.45, 7) is 0. The first-order valence-corrected chi connectivity index (χ1v) is 5.35. The summed E-state index contributed by atoms with van der Waals surface area (Å²) in [6.07, 6.45) is -3.46. The number of halogens is 4. The SMILES string of the molecule is Oc1nc2c(C(F)(F)F)cc(Cl)cc2n2cnnc12. The van der Waals surface area contributed by atoms with E-state index in [-0.39, 0.29) is 16.2 Å². The smallest absolute Gasteiger partial charge is 0.418 e. The van der Waals surface area contributed by atoms with Crippen molar-refractivity contribution in [2.24, 2.45) is 0 Å². The van der Waals surface area contributed by atoms with E-state index in [9.17, 15) is 18.3 Å². The lowest BCUT2D eigenvalue weighted by atomic mass is 10.1. The lowest BCUT2D eigenvalue weighted by Crippen LogP contribution is -2.08. The number of aromatic nitrogens is 4. The number of benzene rings is 1. The summed E-state index contributed by atoms with van der Waals surface area (Å²) in [4.78, 5) is 3.54. The van der Waals surface area contributed by atoms with Crippen molar-refractivity contribution >= 4 is 28.3 Å². The van der Waals surface area contributed by atoms with E-state index < -0.39 is 23.1 Å². The summed E-state index contributed by atoms with van der Waals surface area (Å²) in [5, 5.41) is 16.6. The van der Waals surface area contributed by atoms with E-state index in [0.717, 1.165) is 6.07 Å². The second kappa shape index (κ2) is 3.70. The molecule has 0 atom stereocenters. The summed E-state index contributed by atoms with van der Waals surface area (Å²) in [7, 11) is 0. The van der Waals surface area contributed by atoms with E-state index in [1.54, 1.807) is 0 Å². The number of hydrogen-bond acceptors (Lipinski definition) is 4. The molecule has 0 radical (unpaired) electrons. The molecule has 0 saturated carbocycles. The van der Waals surface area contributed by atoms with Gasteiger partial charge in [0.1, 0.15) is 11.8 Å².